The molecule has 0 amide bonds. The van der Waals surface area contributed by atoms with Crippen LogP contribution in [-0.4, -0.2) is 20.1 Å². The molecule has 0 unspecified atom stereocenters. The topological polar surface area (TPSA) is 91.4 Å². The second-order valence-electron chi connectivity index (χ2n) is 3.67. The number of halogens is 1. The van der Waals surface area contributed by atoms with Gasteiger partial charge in [0.2, 0.25) is 5.82 Å². The van der Waals surface area contributed by atoms with Crippen LogP contribution in [0.5, 0.6) is 0 Å². The van der Waals surface area contributed by atoms with Crippen molar-refractivity contribution in [2.75, 3.05) is 0 Å². The van der Waals surface area contributed by atoms with E-state index in [4.69, 9.17) is 21.4 Å². The highest BCUT2D eigenvalue weighted by molar-refractivity contribution is 6.32. The second kappa shape index (κ2) is 4.55. The summed E-state index contributed by atoms with van der Waals surface area (Å²) < 4.78 is 5.13. The highest BCUT2D eigenvalue weighted by atomic mass is 35.5. The molecule has 0 aliphatic carbocycles. The molecule has 0 aliphatic rings. The molecular weight excluding hydrogens is 266 g/mol. The maximum atomic E-state index is 8.74. The van der Waals surface area contributed by atoms with Crippen molar-refractivity contribution >= 4 is 11.6 Å². The Morgan fingerprint density at radius 1 is 1.42 bits per heavy atom. The van der Waals surface area contributed by atoms with Crippen LogP contribution in [0, 0.1) is 11.3 Å². The molecule has 0 bridgehead atoms. The van der Waals surface area contributed by atoms with Gasteiger partial charge >= 0.3 is 0 Å². The van der Waals surface area contributed by atoms with Crippen LogP contribution >= 0.6 is 11.6 Å². The van der Waals surface area contributed by atoms with Crippen LogP contribution in [0.2, 0.25) is 5.02 Å². The molecule has 7 heteroatoms. The summed E-state index contributed by atoms with van der Waals surface area (Å²) in [6.07, 6.45) is 3.22. The third-order valence-corrected chi connectivity index (χ3v) is 2.75. The van der Waals surface area contributed by atoms with Gasteiger partial charge in [-0.1, -0.05) is 16.8 Å². The van der Waals surface area contributed by atoms with Crippen molar-refractivity contribution in [1.82, 2.24) is 20.1 Å². The molecule has 0 aromatic carbocycles. The van der Waals surface area contributed by atoms with Crippen LogP contribution in [0.25, 0.3) is 23.0 Å². The van der Waals surface area contributed by atoms with Gasteiger partial charge in [-0.2, -0.15) is 10.2 Å². The Hall–Kier alpha value is -2.65. The number of nitrogens with zero attached hydrogens (tertiary/aromatic N) is 4. The van der Waals surface area contributed by atoms with E-state index in [-0.39, 0.29) is 0 Å². The number of H-pyrrole nitrogens is 1. The van der Waals surface area contributed by atoms with Gasteiger partial charge in [-0.3, -0.25) is 4.98 Å². The zero-order valence-electron chi connectivity index (χ0n) is 9.46. The third-order valence-electron chi connectivity index (χ3n) is 2.45. The lowest BCUT2D eigenvalue weighted by atomic mass is 10.3. The lowest BCUT2D eigenvalue weighted by Gasteiger charge is -1.94. The molecule has 3 aromatic heterocycles. The maximum Gasteiger partial charge on any atom is 0.259 e. The fourth-order valence-electron chi connectivity index (χ4n) is 1.57. The third kappa shape index (κ3) is 2.07. The van der Waals surface area contributed by atoms with Gasteiger partial charge in [-0.15, -0.1) is 0 Å². The molecule has 1 N–H and O–H groups in total. The highest BCUT2D eigenvalue weighted by Crippen LogP contribution is 2.25. The minimum absolute atomic E-state index is 0.300. The maximum absolute atomic E-state index is 8.74. The van der Waals surface area contributed by atoms with Crippen molar-refractivity contribution < 1.29 is 4.52 Å². The van der Waals surface area contributed by atoms with Crippen molar-refractivity contribution in [2.45, 2.75) is 0 Å². The van der Waals surface area contributed by atoms with E-state index in [1.165, 1.54) is 0 Å². The summed E-state index contributed by atoms with van der Waals surface area (Å²) in [5.41, 5.74) is 1.52. The molecule has 0 fully saturated rings. The molecule has 19 heavy (non-hydrogen) atoms. The molecule has 3 rings (SSSR count). The summed E-state index contributed by atoms with van der Waals surface area (Å²) in [7, 11) is 0. The first kappa shape index (κ1) is 11.4. The number of hydrogen-bond acceptors (Lipinski definition) is 5. The Kier molecular flexibility index (Phi) is 2.74. The van der Waals surface area contributed by atoms with E-state index in [2.05, 4.69) is 20.1 Å². The van der Waals surface area contributed by atoms with E-state index in [9.17, 15) is 0 Å². The van der Waals surface area contributed by atoms with Crippen molar-refractivity contribution in [3.63, 3.8) is 0 Å². The molecule has 0 spiro atoms. The van der Waals surface area contributed by atoms with Crippen LogP contribution in [0.4, 0.5) is 0 Å². The largest absolute Gasteiger partial charge is 0.352 e. The van der Waals surface area contributed by atoms with Crippen LogP contribution < -0.4 is 0 Å². The molecule has 6 nitrogen and oxygen atoms in total. The Morgan fingerprint density at radius 2 is 2.32 bits per heavy atom. The van der Waals surface area contributed by atoms with E-state index in [1.54, 1.807) is 30.6 Å². The number of nitriles is 1. The van der Waals surface area contributed by atoms with Crippen LogP contribution in [-0.2, 0) is 0 Å². The predicted molar refractivity (Wildman–Crippen MR) is 67.0 cm³/mol. The minimum atomic E-state index is 0.300. The summed E-state index contributed by atoms with van der Waals surface area (Å²) in [5, 5.41) is 13.0. The minimum Gasteiger partial charge on any atom is -0.352 e. The van der Waals surface area contributed by atoms with Gasteiger partial charge in [0.15, 0.2) is 0 Å². The lowest BCUT2D eigenvalue weighted by molar-refractivity contribution is 0.432. The first-order valence-electron chi connectivity index (χ1n) is 5.31. The number of aromatic amines is 1. The number of aromatic nitrogens is 4. The summed E-state index contributed by atoms with van der Waals surface area (Å²) in [6, 6.07) is 7.03. The lowest BCUT2D eigenvalue weighted by Crippen LogP contribution is -1.86. The SMILES string of the molecule is N#Cc1cc(-c2nc(-c3ncccc3Cl)no2)c[nH]1. The average molecular weight is 272 g/mol. The van der Waals surface area contributed by atoms with Crippen molar-refractivity contribution in [3.05, 3.63) is 41.3 Å². The Labute approximate surface area is 112 Å². The number of nitrogens with one attached hydrogen (secondary N) is 1. The van der Waals surface area contributed by atoms with Gasteiger partial charge in [0.1, 0.15) is 17.5 Å². The van der Waals surface area contributed by atoms with Gasteiger partial charge in [0, 0.05) is 12.4 Å². The quantitative estimate of drug-likeness (QED) is 0.773. The molecule has 0 saturated heterocycles. The standard InChI is InChI=1S/C12H6ClN5O/c13-9-2-1-3-15-10(9)11-17-12(19-18-11)7-4-8(5-14)16-6-7/h1-4,6,16H. The van der Waals surface area contributed by atoms with Crippen LogP contribution in [0.3, 0.4) is 0 Å². The molecule has 3 aromatic rings. The number of rotatable bonds is 2. The van der Waals surface area contributed by atoms with Gasteiger partial charge in [0.05, 0.1) is 10.6 Å². The smallest absolute Gasteiger partial charge is 0.259 e. The molecule has 92 valence electrons. The van der Waals surface area contributed by atoms with E-state index in [0.29, 0.717) is 33.7 Å². The molecule has 0 saturated carbocycles. The van der Waals surface area contributed by atoms with E-state index < -0.39 is 0 Å². The fraction of sp³-hybridized carbons (Fsp3) is 0. The molecular formula is C12H6ClN5O. The zero-order chi connectivity index (χ0) is 13.2. The number of pyridine rings is 1. The molecule has 0 atom stereocenters. The number of hydrogen-bond donors (Lipinski definition) is 1. The van der Waals surface area contributed by atoms with Gasteiger partial charge in [-0.05, 0) is 18.2 Å². The van der Waals surface area contributed by atoms with Crippen molar-refractivity contribution in [1.29, 1.82) is 5.26 Å². The fourth-order valence-corrected chi connectivity index (χ4v) is 1.78. The van der Waals surface area contributed by atoms with Gasteiger partial charge in [0.25, 0.3) is 5.89 Å². The van der Waals surface area contributed by atoms with E-state index in [0.717, 1.165) is 0 Å². The van der Waals surface area contributed by atoms with E-state index >= 15 is 0 Å². The summed E-state index contributed by atoms with van der Waals surface area (Å²) in [4.78, 5) is 11.1. The Morgan fingerprint density at radius 3 is 3.05 bits per heavy atom. The second-order valence-corrected chi connectivity index (χ2v) is 4.08. The van der Waals surface area contributed by atoms with Crippen molar-refractivity contribution in [3.8, 4) is 29.0 Å². The predicted octanol–water partition coefficient (Wildman–Crippen LogP) is 2.65. The summed E-state index contributed by atoms with van der Waals surface area (Å²) in [5.74, 6) is 0.606. The molecule has 0 radical (unpaired) electrons. The monoisotopic (exact) mass is 271 g/mol. The van der Waals surface area contributed by atoms with E-state index in [1.807, 2.05) is 6.07 Å². The molecule has 3 heterocycles. The molecule has 0 aliphatic heterocycles. The van der Waals surface area contributed by atoms with Crippen LogP contribution in [0.1, 0.15) is 5.69 Å². The highest BCUT2D eigenvalue weighted by Gasteiger charge is 2.15. The average Bonchev–Trinajstić information content (AvgIpc) is 3.08. The zero-order valence-corrected chi connectivity index (χ0v) is 10.2. The summed E-state index contributed by atoms with van der Waals surface area (Å²) >= 11 is 6.01. The van der Waals surface area contributed by atoms with Crippen molar-refractivity contribution in [2.24, 2.45) is 0 Å². The Balaban J connectivity index is 2.00. The van der Waals surface area contributed by atoms with Gasteiger partial charge < -0.3 is 9.51 Å². The summed E-state index contributed by atoms with van der Waals surface area (Å²) in [6.45, 7) is 0. The Bertz CT molecular complexity index is 770. The first-order valence-corrected chi connectivity index (χ1v) is 5.69. The van der Waals surface area contributed by atoms with Gasteiger partial charge in [-0.25, -0.2) is 0 Å². The normalized spacial score (nSPS) is 10.3. The van der Waals surface area contributed by atoms with Crippen LogP contribution in [0.15, 0.2) is 35.1 Å². The first-order chi connectivity index (χ1) is 9.28.